The zero-order valence-electron chi connectivity index (χ0n) is 20.0. The van der Waals surface area contributed by atoms with Gasteiger partial charge < -0.3 is 4.74 Å². The van der Waals surface area contributed by atoms with Gasteiger partial charge in [0.25, 0.3) is 0 Å². The highest BCUT2D eigenvalue weighted by molar-refractivity contribution is 9.10. The number of benzene rings is 4. The monoisotopic (exact) mass is 568 g/mol. The van der Waals surface area contributed by atoms with E-state index in [1.54, 1.807) is 7.11 Å². The highest BCUT2D eigenvalue weighted by Crippen LogP contribution is 2.39. The maximum absolute atomic E-state index is 6.37. The zero-order chi connectivity index (χ0) is 25.4. The standard InChI is InChI=1S/C30H22BrClN4O/c1-37-28-13-6-5-12-23(28)26-18-27(20-10-7-11-21(31)16-20)36(35-26)30-33-25-15-14-22(32)17-24(25)29(34-30)19-8-3-2-4-9-19/h2-17,27H,18H2,1H3/t27-/m0/s1. The molecule has 0 unspecified atom stereocenters. The Balaban J connectivity index is 1.56. The Morgan fingerprint density at radius 1 is 0.892 bits per heavy atom. The van der Waals surface area contributed by atoms with Crippen LogP contribution in [0.1, 0.15) is 23.6 Å². The Morgan fingerprint density at radius 3 is 2.51 bits per heavy atom. The second-order valence-electron chi connectivity index (χ2n) is 8.77. The maximum atomic E-state index is 6.37. The van der Waals surface area contributed by atoms with Crippen molar-refractivity contribution < 1.29 is 4.74 Å². The molecule has 7 heteroatoms. The first-order valence-corrected chi connectivity index (χ1v) is 13.1. The van der Waals surface area contributed by atoms with Gasteiger partial charge in [0, 0.05) is 32.4 Å². The van der Waals surface area contributed by atoms with Crippen molar-refractivity contribution >= 4 is 50.1 Å². The summed E-state index contributed by atoms with van der Waals surface area (Å²) in [5.41, 5.74) is 5.61. The van der Waals surface area contributed by atoms with Gasteiger partial charge in [0.2, 0.25) is 5.95 Å². The lowest BCUT2D eigenvalue weighted by molar-refractivity contribution is 0.414. The van der Waals surface area contributed by atoms with Crippen LogP contribution in [0.15, 0.2) is 107 Å². The summed E-state index contributed by atoms with van der Waals surface area (Å²) in [5, 5.41) is 8.56. The number of anilines is 1. The third kappa shape index (κ3) is 4.59. The average Bonchev–Trinajstić information content (AvgIpc) is 3.38. The van der Waals surface area contributed by atoms with Gasteiger partial charge in [0.1, 0.15) is 5.75 Å². The van der Waals surface area contributed by atoms with E-state index in [1.807, 2.05) is 89.9 Å². The minimum Gasteiger partial charge on any atom is -0.496 e. The summed E-state index contributed by atoms with van der Waals surface area (Å²) in [6, 6.07) is 32.0. The molecule has 0 spiro atoms. The van der Waals surface area contributed by atoms with Crippen LogP contribution in [0.5, 0.6) is 5.75 Å². The molecule has 2 heterocycles. The summed E-state index contributed by atoms with van der Waals surface area (Å²) in [6.45, 7) is 0. The molecule has 1 atom stereocenters. The molecule has 1 aliphatic rings. The van der Waals surface area contributed by atoms with Crippen LogP contribution < -0.4 is 9.75 Å². The first kappa shape index (κ1) is 23.6. The lowest BCUT2D eigenvalue weighted by Gasteiger charge is -2.23. The van der Waals surface area contributed by atoms with E-state index in [9.17, 15) is 0 Å². The minimum absolute atomic E-state index is 0.0919. The minimum atomic E-state index is -0.0919. The third-order valence-electron chi connectivity index (χ3n) is 6.46. The van der Waals surface area contributed by atoms with Crippen molar-refractivity contribution in [2.24, 2.45) is 5.10 Å². The summed E-state index contributed by atoms with van der Waals surface area (Å²) in [5.74, 6) is 1.32. The van der Waals surface area contributed by atoms with E-state index in [2.05, 4.69) is 28.1 Å². The van der Waals surface area contributed by atoms with Gasteiger partial charge in [-0.3, -0.25) is 0 Å². The molecule has 37 heavy (non-hydrogen) atoms. The predicted molar refractivity (Wildman–Crippen MR) is 153 cm³/mol. The Kier molecular flexibility index (Phi) is 6.37. The first-order valence-electron chi connectivity index (χ1n) is 11.9. The van der Waals surface area contributed by atoms with Gasteiger partial charge in [-0.05, 0) is 48.0 Å². The van der Waals surface area contributed by atoms with Crippen molar-refractivity contribution in [2.75, 3.05) is 12.1 Å². The molecule has 4 aromatic carbocycles. The quantitative estimate of drug-likeness (QED) is 0.215. The molecule has 1 aliphatic heterocycles. The summed E-state index contributed by atoms with van der Waals surface area (Å²) in [7, 11) is 1.68. The van der Waals surface area contributed by atoms with Crippen LogP contribution in [0.25, 0.3) is 22.2 Å². The number of hydrazone groups is 1. The van der Waals surface area contributed by atoms with Crippen LogP contribution in [0.4, 0.5) is 5.95 Å². The molecule has 5 aromatic rings. The second kappa shape index (κ2) is 9.96. The molecule has 5 nitrogen and oxygen atoms in total. The van der Waals surface area contributed by atoms with Crippen LogP contribution in [0, 0.1) is 0 Å². The molecule has 0 aliphatic carbocycles. The molecule has 0 bridgehead atoms. The average molecular weight is 570 g/mol. The van der Waals surface area contributed by atoms with E-state index < -0.39 is 0 Å². The van der Waals surface area contributed by atoms with Crippen molar-refractivity contribution in [1.82, 2.24) is 9.97 Å². The van der Waals surface area contributed by atoms with E-state index in [-0.39, 0.29) is 6.04 Å². The molecule has 0 amide bonds. The smallest absolute Gasteiger partial charge is 0.247 e. The summed E-state index contributed by atoms with van der Waals surface area (Å²) >= 11 is 10.0. The van der Waals surface area contributed by atoms with Crippen LogP contribution in [0.2, 0.25) is 5.02 Å². The molecule has 0 N–H and O–H groups in total. The Morgan fingerprint density at radius 2 is 1.70 bits per heavy atom. The number of halogens is 2. The molecule has 182 valence electrons. The number of nitrogens with zero attached hydrogens (tertiary/aromatic N) is 4. The van der Waals surface area contributed by atoms with Gasteiger partial charge in [-0.2, -0.15) is 5.10 Å². The van der Waals surface area contributed by atoms with Crippen LogP contribution in [0.3, 0.4) is 0 Å². The molecule has 1 aromatic heterocycles. The van der Waals surface area contributed by atoms with Gasteiger partial charge in [-0.15, -0.1) is 0 Å². The lowest BCUT2D eigenvalue weighted by Crippen LogP contribution is -2.21. The van der Waals surface area contributed by atoms with Gasteiger partial charge in [-0.1, -0.05) is 82.1 Å². The Hall–Kier alpha value is -3.74. The molecule has 0 radical (unpaired) electrons. The van der Waals surface area contributed by atoms with Gasteiger partial charge in [0.15, 0.2) is 0 Å². The number of hydrogen-bond donors (Lipinski definition) is 0. The number of fused-ring (bicyclic) bond motifs is 1. The fourth-order valence-electron chi connectivity index (χ4n) is 4.72. The molecule has 0 saturated heterocycles. The molecular formula is C30H22BrClN4O. The van der Waals surface area contributed by atoms with E-state index in [0.29, 0.717) is 17.4 Å². The molecule has 0 fully saturated rings. The Bertz CT molecular complexity index is 1640. The van der Waals surface area contributed by atoms with Crippen molar-refractivity contribution in [3.63, 3.8) is 0 Å². The zero-order valence-corrected chi connectivity index (χ0v) is 22.3. The molecular weight excluding hydrogens is 548 g/mol. The van der Waals surface area contributed by atoms with Crippen molar-refractivity contribution in [2.45, 2.75) is 12.5 Å². The fourth-order valence-corrected chi connectivity index (χ4v) is 5.31. The number of para-hydroxylation sites is 1. The second-order valence-corrected chi connectivity index (χ2v) is 10.1. The van der Waals surface area contributed by atoms with E-state index in [1.165, 1.54) is 0 Å². The van der Waals surface area contributed by atoms with Gasteiger partial charge >= 0.3 is 0 Å². The number of ether oxygens (including phenoxy) is 1. The molecule has 6 rings (SSSR count). The highest BCUT2D eigenvalue weighted by Gasteiger charge is 2.33. The van der Waals surface area contributed by atoms with E-state index >= 15 is 0 Å². The fraction of sp³-hybridized carbons (Fsp3) is 0.100. The summed E-state index contributed by atoms with van der Waals surface area (Å²) in [4.78, 5) is 10.0. The topological polar surface area (TPSA) is 50.6 Å². The van der Waals surface area contributed by atoms with Crippen LogP contribution in [-0.4, -0.2) is 22.8 Å². The number of methoxy groups -OCH3 is 1. The van der Waals surface area contributed by atoms with Crippen LogP contribution >= 0.6 is 27.5 Å². The van der Waals surface area contributed by atoms with Crippen molar-refractivity contribution in [3.8, 4) is 17.0 Å². The number of hydrogen-bond acceptors (Lipinski definition) is 5. The van der Waals surface area contributed by atoms with Gasteiger partial charge in [-0.25, -0.2) is 15.0 Å². The largest absolute Gasteiger partial charge is 0.496 e. The highest BCUT2D eigenvalue weighted by atomic mass is 79.9. The molecule has 0 saturated carbocycles. The number of aromatic nitrogens is 2. The van der Waals surface area contributed by atoms with Crippen LogP contribution in [-0.2, 0) is 0 Å². The maximum Gasteiger partial charge on any atom is 0.247 e. The predicted octanol–water partition coefficient (Wildman–Crippen LogP) is 8.08. The van der Waals surface area contributed by atoms with E-state index in [0.717, 1.165) is 49.2 Å². The SMILES string of the molecule is COc1ccccc1C1=NN(c2nc(-c3ccccc3)c3cc(Cl)ccc3n2)[C@H](c2cccc(Br)c2)C1. The third-order valence-corrected chi connectivity index (χ3v) is 7.19. The summed E-state index contributed by atoms with van der Waals surface area (Å²) < 4.78 is 6.66. The van der Waals surface area contributed by atoms with E-state index in [4.69, 9.17) is 31.4 Å². The number of rotatable bonds is 5. The lowest BCUT2D eigenvalue weighted by atomic mass is 9.98. The van der Waals surface area contributed by atoms with Gasteiger partial charge in [0.05, 0.1) is 30.1 Å². The normalized spacial score (nSPS) is 15.2. The van der Waals surface area contributed by atoms with Crippen molar-refractivity contribution in [3.05, 3.63) is 118 Å². The Labute approximate surface area is 228 Å². The summed E-state index contributed by atoms with van der Waals surface area (Å²) in [6.07, 6.45) is 0.680. The first-order chi connectivity index (χ1) is 18.1. The van der Waals surface area contributed by atoms with Crippen molar-refractivity contribution in [1.29, 1.82) is 0 Å².